The molecule has 1 fully saturated rings. The van der Waals surface area contributed by atoms with E-state index in [0.29, 0.717) is 6.04 Å². The van der Waals surface area contributed by atoms with Gasteiger partial charge in [0.05, 0.1) is 6.26 Å². The minimum absolute atomic E-state index is 0.277. The molecule has 2 aliphatic rings. The number of hydrogen-bond acceptors (Lipinski definition) is 2. The number of allylic oxidation sites excluding steroid dienone is 2. The quantitative estimate of drug-likeness (QED) is 0.577. The summed E-state index contributed by atoms with van der Waals surface area (Å²) < 4.78 is 5.35. The van der Waals surface area contributed by atoms with Crippen molar-refractivity contribution in [3.8, 4) is 0 Å². The fourth-order valence-electron chi connectivity index (χ4n) is 1.22. The van der Waals surface area contributed by atoms with E-state index in [1.165, 1.54) is 6.42 Å². The van der Waals surface area contributed by atoms with Crippen LogP contribution in [0.4, 0.5) is 0 Å². The summed E-state index contributed by atoms with van der Waals surface area (Å²) in [5.41, 5.74) is 0. The summed E-state index contributed by atoms with van der Waals surface area (Å²) in [4.78, 5) is 0. The monoisotopic (exact) mass is 137 g/mol. The van der Waals surface area contributed by atoms with E-state index >= 15 is 0 Å². The van der Waals surface area contributed by atoms with Crippen molar-refractivity contribution in [2.75, 3.05) is 6.54 Å². The summed E-state index contributed by atoms with van der Waals surface area (Å²) in [6.07, 6.45) is 9.31. The lowest BCUT2D eigenvalue weighted by Crippen LogP contribution is -2.50. The normalized spacial score (nSPS) is 36.8. The molecule has 2 aliphatic heterocycles. The summed E-state index contributed by atoms with van der Waals surface area (Å²) in [5, 5.41) is 3.31. The van der Waals surface area contributed by atoms with Crippen molar-refractivity contribution < 1.29 is 4.74 Å². The molecule has 0 aromatic rings. The first-order valence-electron chi connectivity index (χ1n) is 3.69. The summed E-state index contributed by atoms with van der Waals surface area (Å²) in [5.74, 6) is 0. The van der Waals surface area contributed by atoms with Gasteiger partial charge in [-0.25, -0.2) is 0 Å². The fraction of sp³-hybridized carbons (Fsp3) is 0.500. The van der Waals surface area contributed by atoms with Gasteiger partial charge in [0.15, 0.2) is 0 Å². The van der Waals surface area contributed by atoms with Crippen molar-refractivity contribution in [3.05, 3.63) is 24.5 Å². The summed E-state index contributed by atoms with van der Waals surface area (Å²) in [6.45, 7) is 1.14. The third-order valence-corrected chi connectivity index (χ3v) is 1.98. The van der Waals surface area contributed by atoms with Crippen molar-refractivity contribution in [1.82, 2.24) is 5.32 Å². The molecule has 0 saturated carbocycles. The minimum Gasteiger partial charge on any atom is -0.492 e. The van der Waals surface area contributed by atoms with E-state index in [0.717, 1.165) is 6.54 Å². The molecule has 0 amide bonds. The first kappa shape index (κ1) is 5.98. The Morgan fingerprint density at radius 3 is 2.80 bits per heavy atom. The average Bonchev–Trinajstić information content (AvgIpc) is 1.86. The smallest absolute Gasteiger partial charge is 0.132 e. The molecule has 10 heavy (non-hydrogen) atoms. The second-order valence-corrected chi connectivity index (χ2v) is 2.66. The highest BCUT2D eigenvalue weighted by Crippen LogP contribution is 2.14. The van der Waals surface area contributed by atoms with Crippen LogP contribution < -0.4 is 5.32 Å². The lowest BCUT2D eigenvalue weighted by Gasteiger charge is -2.33. The molecule has 2 rings (SSSR count). The maximum Gasteiger partial charge on any atom is 0.132 e. The Morgan fingerprint density at radius 1 is 1.40 bits per heavy atom. The maximum absolute atomic E-state index is 5.35. The van der Waals surface area contributed by atoms with E-state index in [1.54, 1.807) is 6.26 Å². The van der Waals surface area contributed by atoms with Gasteiger partial charge in [-0.2, -0.15) is 0 Å². The van der Waals surface area contributed by atoms with E-state index < -0.39 is 0 Å². The number of rotatable bonds is 1. The van der Waals surface area contributed by atoms with E-state index in [9.17, 15) is 0 Å². The highest BCUT2D eigenvalue weighted by molar-refractivity contribution is 5.11. The maximum atomic E-state index is 5.35. The van der Waals surface area contributed by atoms with Gasteiger partial charge in [0.1, 0.15) is 6.10 Å². The van der Waals surface area contributed by atoms with Crippen molar-refractivity contribution in [3.63, 3.8) is 0 Å². The van der Waals surface area contributed by atoms with Crippen LogP contribution in [0.3, 0.4) is 0 Å². The van der Waals surface area contributed by atoms with Crippen LogP contribution in [0.2, 0.25) is 0 Å². The SMILES string of the molecule is C1=COC(C2CCN2)C=C1. The predicted octanol–water partition coefficient (Wildman–Crippen LogP) is 0.817. The highest BCUT2D eigenvalue weighted by Gasteiger charge is 2.25. The second-order valence-electron chi connectivity index (χ2n) is 2.66. The zero-order chi connectivity index (χ0) is 6.81. The molecule has 54 valence electrons. The van der Waals surface area contributed by atoms with Gasteiger partial charge in [-0.15, -0.1) is 0 Å². The Bertz CT molecular complexity index is 170. The minimum atomic E-state index is 0.277. The Balaban J connectivity index is 1.92. The zero-order valence-electron chi connectivity index (χ0n) is 5.79. The van der Waals surface area contributed by atoms with Crippen molar-refractivity contribution >= 4 is 0 Å². The van der Waals surface area contributed by atoms with Gasteiger partial charge >= 0.3 is 0 Å². The van der Waals surface area contributed by atoms with Gasteiger partial charge in [0.2, 0.25) is 0 Å². The Labute approximate surface area is 60.6 Å². The average molecular weight is 137 g/mol. The van der Waals surface area contributed by atoms with Crippen LogP contribution >= 0.6 is 0 Å². The van der Waals surface area contributed by atoms with E-state index in [1.807, 2.05) is 12.2 Å². The van der Waals surface area contributed by atoms with Gasteiger partial charge in [-0.3, -0.25) is 0 Å². The van der Waals surface area contributed by atoms with Crippen molar-refractivity contribution in [1.29, 1.82) is 0 Å². The van der Waals surface area contributed by atoms with E-state index in [2.05, 4.69) is 11.4 Å². The molecular weight excluding hydrogens is 126 g/mol. The van der Waals surface area contributed by atoms with Crippen LogP contribution in [0.15, 0.2) is 24.5 Å². The number of ether oxygens (including phenoxy) is 1. The molecule has 0 aliphatic carbocycles. The van der Waals surface area contributed by atoms with Crippen LogP contribution in [-0.4, -0.2) is 18.7 Å². The van der Waals surface area contributed by atoms with Crippen LogP contribution in [0.25, 0.3) is 0 Å². The molecule has 0 bridgehead atoms. The summed E-state index contributed by atoms with van der Waals surface area (Å²) in [7, 11) is 0. The molecule has 0 aromatic heterocycles. The van der Waals surface area contributed by atoms with Gasteiger partial charge in [0.25, 0.3) is 0 Å². The predicted molar refractivity (Wildman–Crippen MR) is 39.6 cm³/mol. The first-order valence-corrected chi connectivity index (χ1v) is 3.69. The van der Waals surface area contributed by atoms with Crippen LogP contribution in [-0.2, 0) is 4.74 Å². The van der Waals surface area contributed by atoms with Crippen LogP contribution in [0.5, 0.6) is 0 Å². The third-order valence-electron chi connectivity index (χ3n) is 1.98. The van der Waals surface area contributed by atoms with E-state index in [-0.39, 0.29) is 6.10 Å². The molecule has 0 aromatic carbocycles. The van der Waals surface area contributed by atoms with Gasteiger partial charge in [0, 0.05) is 6.04 Å². The molecule has 2 nitrogen and oxygen atoms in total. The number of nitrogens with one attached hydrogen (secondary N) is 1. The second kappa shape index (κ2) is 2.46. The molecule has 0 radical (unpaired) electrons. The van der Waals surface area contributed by atoms with Crippen LogP contribution in [0.1, 0.15) is 6.42 Å². The topological polar surface area (TPSA) is 21.3 Å². The molecular formula is C8H11NO. The van der Waals surface area contributed by atoms with Crippen molar-refractivity contribution in [2.45, 2.75) is 18.6 Å². The Kier molecular flexibility index (Phi) is 1.47. The highest BCUT2D eigenvalue weighted by atomic mass is 16.5. The number of hydrogen-bond donors (Lipinski definition) is 1. The lowest BCUT2D eigenvalue weighted by molar-refractivity contribution is 0.111. The van der Waals surface area contributed by atoms with Gasteiger partial charge < -0.3 is 10.1 Å². The lowest BCUT2D eigenvalue weighted by atomic mass is 10.00. The molecule has 1 N–H and O–H groups in total. The summed E-state index contributed by atoms with van der Waals surface area (Å²) in [6, 6.07) is 0.557. The zero-order valence-corrected chi connectivity index (χ0v) is 5.79. The Morgan fingerprint density at radius 2 is 2.30 bits per heavy atom. The van der Waals surface area contributed by atoms with E-state index in [4.69, 9.17) is 4.74 Å². The molecule has 1 saturated heterocycles. The first-order chi connectivity index (χ1) is 4.97. The van der Waals surface area contributed by atoms with Gasteiger partial charge in [-0.1, -0.05) is 6.08 Å². The van der Waals surface area contributed by atoms with Crippen LogP contribution in [0, 0.1) is 0 Å². The molecule has 2 heteroatoms. The third kappa shape index (κ3) is 0.948. The molecule has 2 atom stereocenters. The fourth-order valence-corrected chi connectivity index (χ4v) is 1.22. The van der Waals surface area contributed by atoms with Crippen molar-refractivity contribution in [2.24, 2.45) is 0 Å². The largest absolute Gasteiger partial charge is 0.492 e. The molecule has 2 heterocycles. The standard InChI is InChI=1S/C8H11NO/c1-2-6-10-8(3-1)7-4-5-9-7/h1-3,6-9H,4-5H2. The molecule has 2 unspecified atom stereocenters. The Hall–Kier alpha value is -0.760. The van der Waals surface area contributed by atoms with Gasteiger partial charge in [-0.05, 0) is 25.1 Å². The summed E-state index contributed by atoms with van der Waals surface area (Å²) >= 11 is 0. The molecule has 0 spiro atoms.